The highest BCUT2D eigenvalue weighted by Crippen LogP contribution is 2.27. The van der Waals surface area contributed by atoms with Crippen molar-refractivity contribution in [2.24, 2.45) is 0 Å². The predicted molar refractivity (Wildman–Crippen MR) is 99.0 cm³/mol. The van der Waals surface area contributed by atoms with Crippen molar-refractivity contribution in [3.63, 3.8) is 0 Å². The minimum Gasteiger partial charge on any atom is -0.497 e. The summed E-state index contributed by atoms with van der Waals surface area (Å²) in [5, 5.41) is 2.85. The summed E-state index contributed by atoms with van der Waals surface area (Å²) in [4.78, 5) is 12.3. The maximum absolute atomic E-state index is 12.4. The number of nitrogens with one attached hydrogen (secondary N) is 2. The molecule has 0 aliphatic heterocycles. The molecule has 0 unspecified atom stereocenters. The van der Waals surface area contributed by atoms with Crippen LogP contribution in [0.25, 0.3) is 0 Å². The van der Waals surface area contributed by atoms with Gasteiger partial charge in [0.1, 0.15) is 10.6 Å². The number of ether oxygens (including phenoxy) is 1. The van der Waals surface area contributed by atoms with Crippen LogP contribution in [0.5, 0.6) is 5.75 Å². The summed E-state index contributed by atoms with van der Waals surface area (Å²) in [6, 6.07) is 11.5. The monoisotopic (exact) mass is 394 g/mol. The second-order valence-electron chi connectivity index (χ2n) is 6.07. The molecule has 8 heteroatoms. The van der Waals surface area contributed by atoms with Crippen LogP contribution in [-0.2, 0) is 16.6 Å². The van der Waals surface area contributed by atoms with Crippen molar-refractivity contribution in [1.82, 2.24) is 10.0 Å². The van der Waals surface area contributed by atoms with Gasteiger partial charge in [-0.3, -0.25) is 4.79 Å². The zero-order valence-corrected chi connectivity index (χ0v) is 15.7. The first-order chi connectivity index (χ1) is 12.4. The van der Waals surface area contributed by atoms with Crippen LogP contribution in [-0.4, -0.2) is 27.5 Å². The van der Waals surface area contributed by atoms with Crippen LogP contribution in [0, 0.1) is 0 Å². The molecule has 1 aliphatic carbocycles. The van der Waals surface area contributed by atoms with Crippen LogP contribution in [0.4, 0.5) is 0 Å². The fourth-order valence-electron chi connectivity index (χ4n) is 2.40. The van der Waals surface area contributed by atoms with Gasteiger partial charge in [0.05, 0.1) is 12.1 Å². The number of methoxy groups -OCH3 is 1. The summed E-state index contributed by atoms with van der Waals surface area (Å²) < 4.78 is 32.5. The normalized spacial score (nSPS) is 14.1. The number of sulfonamides is 1. The van der Waals surface area contributed by atoms with Crippen molar-refractivity contribution in [1.29, 1.82) is 0 Å². The first-order valence-electron chi connectivity index (χ1n) is 8.12. The highest BCUT2D eigenvalue weighted by molar-refractivity contribution is 7.89. The summed E-state index contributed by atoms with van der Waals surface area (Å²) >= 11 is 6.03. The van der Waals surface area contributed by atoms with Gasteiger partial charge in [-0.05, 0) is 48.7 Å². The fraction of sp³-hybridized carbons (Fsp3) is 0.278. The third kappa shape index (κ3) is 4.55. The maximum atomic E-state index is 12.4. The van der Waals surface area contributed by atoms with Gasteiger partial charge >= 0.3 is 0 Å². The molecule has 6 nitrogen and oxygen atoms in total. The largest absolute Gasteiger partial charge is 0.497 e. The minimum atomic E-state index is -3.74. The number of hydrogen-bond donors (Lipinski definition) is 2. The van der Waals surface area contributed by atoms with E-state index in [4.69, 9.17) is 16.3 Å². The van der Waals surface area contributed by atoms with E-state index in [1.807, 2.05) is 24.3 Å². The van der Waals surface area contributed by atoms with Crippen LogP contribution in [0.15, 0.2) is 47.4 Å². The van der Waals surface area contributed by atoms with Crippen LogP contribution in [0.3, 0.4) is 0 Å². The van der Waals surface area contributed by atoms with Crippen LogP contribution >= 0.6 is 11.6 Å². The molecule has 0 spiro atoms. The molecule has 1 saturated carbocycles. The van der Waals surface area contributed by atoms with Gasteiger partial charge in [-0.25, -0.2) is 13.1 Å². The first kappa shape index (κ1) is 18.7. The van der Waals surface area contributed by atoms with Gasteiger partial charge in [-0.1, -0.05) is 23.7 Å². The molecule has 1 amide bonds. The van der Waals surface area contributed by atoms with Crippen molar-refractivity contribution in [2.45, 2.75) is 30.3 Å². The quantitative estimate of drug-likeness (QED) is 0.756. The highest BCUT2D eigenvalue weighted by Gasteiger charge is 2.29. The molecule has 2 aromatic rings. The smallest absolute Gasteiger partial charge is 0.251 e. The molecule has 138 valence electrons. The van der Waals surface area contributed by atoms with E-state index in [-0.39, 0.29) is 27.4 Å². The Labute approximate surface area is 157 Å². The molecular weight excluding hydrogens is 376 g/mol. The Morgan fingerprint density at radius 3 is 2.69 bits per heavy atom. The molecule has 0 heterocycles. The Bertz CT molecular complexity index is 927. The predicted octanol–water partition coefficient (Wildman–Crippen LogP) is 2.72. The summed E-state index contributed by atoms with van der Waals surface area (Å²) in [5.41, 5.74) is 1.10. The molecular formula is C18H19ClN2O4S. The van der Waals surface area contributed by atoms with Crippen molar-refractivity contribution >= 4 is 27.5 Å². The number of carbonyl (C=O) groups excluding carboxylic acids is 1. The van der Waals surface area contributed by atoms with E-state index in [0.717, 1.165) is 18.4 Å². The van der Waals surface area contributed by atoms with Gasteiger partial charge in [0, 0.05) is 18.2 Å². The zero-order valence-electron chi connectivity index (χ0n) is 14.2. The van der Waals surface area contributed by atoms with Crippen molar-refractivity contribution < 1.29 is 17.9 Å². The molecule has 0 atom stereocenters. The zero-order chi connectivity index (χ0) is 18.7. The van der Waals surface area contributed by atoms with Crippen molar-refractivity contribution in [3.8, 4) is 5.75 Å². The summed E-state index contributed by atoms with van der Waals surface area (Å²) in [6.07, 6.45) is 1.63. The van der Waals surface area contributed by atoms with Crippen molar-refractivity contribution in [2.75, 3.05) is 7.11 Å². The standard InChI is InChI=1S/C18H19ClN2O4S/c1-25-15-4-2-3-12(9-15)11-20-18(22)13-5-8-16(19)17(10-13)26(23,24)21-14-6-7-14/h2-5,8-10,14,21H,6-7,11H2,1H3,(H,20,22). The number of rotatable bonds is 7. The molecule has 26 heavy (non-hydrogen) atoms. The van der Waals surface area contributed by atoms with Gasteiger partial charge in [0.25, 0.3) is 5.91 Å². The number of carbonyl (C=O) groups is 1. The molecule has 0 bridgehead atoms. The van der Waals surface area contributed by atoms with E-state index < -0.39 is 10.0 Å². The van der Waals surface area contributed by atoms with E-state index >= 15 is 0 Å². The Morgan fingerprint density at radius 1 is 1.23 bits per heavy atom. The van der Waals surface area contributed by atoms with Gasteiger partial charge in [-0.15, -0.1) is 0 Å². The van der Waals surface area contributed by atoms with E-state index in [1.165, 1.54) is 18.2 Å². The molecule has 1 aliphatic rings. The Kier molecular flexibility index (Phi) is 5.50. The molecule has 3 rings (SSSR count). The fourth-order valence-corrected chi connectivity index (χ4v) is 4.23. The molecule has 2 aromatic carbocycles. The van der Waals surface area contributed by atoms with Gasteiger partial charge in [0.15, 0.2) is 0 Å². The van der Waals surface area contributed by atoms with Gasteiger partial charge < -0.3 is 10.1 Å². The minimum absolute atomic E-state index is 0.0402. The molecule has 0 saturated heterocycles. The lowest BCUT2D eigenvalue weighted by Gasteiger charge is -2.10. The third-order valence-corrected chi connectivity index (χ3v) is 5.97. The molecule has 0 aromatic heterocycles. The SMILES string of the molecule is COc1cccc(CNC(=O)c2ccc(Cl)c(S(=O)(=O)NC3CC3)c2)c1. The molecule has 2 N–H and O–H groups in total. The van der Waals surface area contributed by atoms with Crippen LogP contribution in [0.1, 0.15) is 28.8 Å². The average Bonchev–Trinajstić information content (AvgIpc) is 3.43. The Hall–Kier alpha value is -2.09. The topological polar surface area (TPSA) is 84.5 Å². The number of hydrogen-bond acceptors (Lipinski definition) is 4. The van der Waals surface area contributed by atoms with E-state index in [9.17, 15) is 13.2 Å². The van der Waals surface area contributed by atoms with Gasteiger partial charge in [-0.2, -0.15) is 0 Å². The third-order valence-electron chi connectivity index (χ3n) is 3.97. The summed E-state index contributed by atoms with van der Waals surface area (Å²) in [7, 11) is -2.17. The van der Waals surface area contributed by atoms with E-state index in [1.54, 1.807) is 7.11 Å². The Morgan fingerprint density at radius 2 is 2.00 bits per heavy atom. The summed E-state index contributed by atoms with van der Waals surface area (Å²) in [5.74, 6) is 0.315. The van der Waals surface area contributed by atoms with Crippen LogP contribution < -0.4 is 14.8 Å². The average molecular weight is 395 g/mol. The molecule has 1 fully saturated rings. The number of amides is 1. The second-order valence-corrected chi connectivity index (χ2v) is 8.16. The number of halogens is 1. The highest BCUT2D eigenvalue weighted by atomic mass is 35.5. The van der Waals surface area contributed by atoms with Crippen LogP contribution in [0.2, 0.25) is 5.02 Å². The molecule has 0 radical (unpaired) electrons. The lowest BCUT2D eigenvalue weighted by atomic mass is 10.2. The maximum Gasteiger partial charge on any atom is 0.251 e. The summed E-state index contributed by atoms with van der Waals surface area (Å²) in [6.45, 7) is 0.293. The van der Waals surface area contributed by atoms with Crippen molar-refractivity contribution in [3.05, 3.63) is 58.6 Å². The second kappa shape index (κ2) is 7.65. The lowest BCUT2D eigenvalue weighted by Crippen LogP contribution is -2.27. The lowest BCUT2D eigenvalue weighted by molar-refractivity contribution is 0.0950. The first-order valence-corrected chi connectivity index (χ1v) is 9.98. The van der Waals surface area contributed by atoms with E-state index in [0.29, 0.717) is 12.3 Å². The number of benzene rings is 2. The Balaban J connectivity index is 1.74. The van der Waals surface area contributed by atoms with Gasteiger partial charge in [0.2, 0.25) is 10.0 Å². The van der Waals surface area contributed by atoms with E-state index in [2.05, 4.69) is 10.0 Å².